The number of furan rings is 2. The Kier molecular flexibility index (Phi) is 6.31. The third-order valence-corrected chi connectivity index (χ3v) is 5.16. The summed E-state index contributed by atoms with van der Waals surface area (Å²) in [6.07, 6.45) is 4.87. The van der Waals surface area contributed by atoms with Crippen molar-refractivity contribution in [3.63, 3.8) is 0 Å². The van der Waals surface area contributed by atoms with Gasteiger partial charge in [0.05, 0.1) is 32.8 Å². The highest BCUT2D eigenvalue weighted by molar-refractivity contribution is 6.00. The Balaban J connectivity index is 1.64. The van der Waals surface area contributed by atoms with Gasteiger partial charge in [0.1, 0.15) is 22.8 Å². The van der Waals surface area contributed by atoms with E-state index in [0.717, 1.165) is 33.4 Å². The molecule has 2 heterocycles. The van der Waals surface area contributed by atoms with E-state index in [9.17, 15) is 4.79 Å². The number of hydrogen-bond donors (Lipinski definition) is 1. The number of fused-ring (bicyclic) bond motifs is 1. The molecule has 1 amide bonds. The van der Waals surface area contributed by atoms with E-state index >= 15 is 0 Å². The summed E-state index contributed by atoms with van der Waals surface area (Å²) in [7, 11) is 1.60. The van der Waals surface area contributed by atoms with Gasteiger partial charge in [-0.1, -0.05) is 12.1 Å². The average molecular weight is 431 g/mol. The smallest absolute Gasteiger partial charge is 0.244 e. The number of nitrogens with one attached hydrogen (secondary N) is 1. The van der Waals surface area contributed by atoms with Crippen molar-refractivity contribution in [1.82, 2.24) is 5.32 Å². The third kappa shape index (κ3) is 4.54. The standard InChI is InChI=1S/C26H25NO5/c1-4-30-19-9-7-18(8-10-19)23-16-32-25-14-24(29-3)21(13-22(23)25)17(2)12-26(28)27-15-20-6-5-11-31-20/h5-14,16H,4,15H2,1-3H3,(H,27,28)/b17-12+. The van der Waals surface area contributed by atoms with Crippen LogP contribution in [0.3, 0.4) is 0 Å². The van der Waals surface area contributed by atoms with Crippen molar-refractivity contribution < 1.29 is 23.1 Å². The van der Waals surface area contributed by atoms with Gasteiger partial charge in [0.15, 0.2) is 0 Å². The molecule has 2 aromatic heterocycles. The van der Waals surface area contributed by atoms with Gasteiger partial charge in [-0.2, -0.15) is 0 Å². The second-order valence-electron chi connectivity index (χ2n) is 7.28. The Hall–Kier alpha value is -3.93. The largest absolute Gasteiger partial charge is 0.496 e. The predicted octanol–water partition coefficient (Wildman–Crippen LogP) is 5.82. The first-order chi connectivity index (χ1) is 15.6. The van der Waals surface area contributed by atoms with Crippen LogP contribution in [0.1, 0.15) is 25.2 Å². The van der Waals surface area contributed by atoms with Crippen LogP contribution in [0.5, 0.6) is 11.5 Å². The number of benzene rings is 2. The molecule has 0 aliphatic heterocycles. The van der Waals surface area contributed by atoms with E-state index in [1.54, 1.807) is 31.8 Å². The zero-order valence-corrected chi connectivity index (χ0v) is 18.3. The molecule has 0 atom stereocenters. The van der Waals surface area contributed by atoms with Gasteiger partial charge in [0, 0.05) is 28.7 Å². The minimum absolute atomic E-state index is 0.208. The lowest BCUT2D eigenvalue weighted by molar-refractivity contribution is -0.116. The molecule has 2 aromatic carbocycles. The third-order valence-electron chi connectivity index (χ3n) is 5.16. The van der Waals surface area contributed by atoms with Crippen molar-refractivity contribution in [2.45, 2.75) is 20.4 Å². The maximum atomic E-state index is 12.4. The topological polar surface area (TPSA) is 73.8 Å². The Bertz CT molecular complexity index is 1230. The summed E-state index contributed by atoms with van der Waals surface area (Å²) in [4.78, 5) is 12.4. The first-order valence-electron chi connectivity index (χ1n) is 10.4. The average Bonchev–Trinajstić information content (AvgIpc) is 3.47. The number of allylic oxidation sites excluding steroid dienone is 1. The fourth-order valence-electron chi connectivity index (χ4n) is 3.57. The van der Waals surface area contributed by atoms with E-state index in [1.807, 2.05) is 56.3 Å². The molecule has 164 valence electrons. The van der Waals surface area contributed by atoms with E-state index in [4.69, 9.17) is 18.3 Å². The number of carbonyl (C=O) groups excluding carboxylic acids is 1. The fraction of sp³-hybridized carbons (Fsp3) is 0.192. The summed E-state index contributed by atoms with van der Waals surface area (Å²) in [5.41, 5.74) is 4.29. The molecule has 4 rings (SSSR count). The minimum atomic E-state index is -0.208. The van der Waals surface area contributed by atoms with E-state index in [-0.39, 0.29) is 5.91 Å². The molecular weight excluding hydrogens is 406 g/mol. The molecule has 0 bridgehead atoms. The molecule has 32 heavy (non-hydrogen) atoms. The lowest BCUT2D eigenvalue weighted by Gasteiger charge is -2.10. The first-order valence-corrected chi connectivity index (χ1v) is 10.4. The van der Waals surface area contributed by atoms with Gasteiger partial charge in [-0.15, -0.1) is 0 Å². The van der Waals surface area contributed by atoms with Crippen LogP contribution in [-0.2, 0) is 11.3 Å². The highest BCUT2D eigenvalue weighted by atomic mass is 16.5. The number of ether oxygens (including phenoxy) is 2. The Morgan fingerprint density at radius 2 is 1.94 bits per heavy atom. The normalized spacial score (nSPS) is 11.5. The summed E-state index contributed by atoms with van der Waals surface area (Å²) < 4.78 is 22.2. The van der Waals surface area contributed by atoms with Crippen molar-refractivity contribution in [2.24, 2.45) is 0 Å². The van der Waals surface area contributed by atoms with Crippen LogP contribution in [0.2, 0.25) is 0 Å². The van der Waals surface area contributed by atoms with Gasteiger partial charge in [0.25, 0.3) is 0 Å². The van der Waals surface area contributed by atoms with Gasteiger partial charge >= 0.3 is 0 Å². The summed E-state index contributed by atoms with van der Waals surface area (Å²) in [5, 5.41) is 3.77. The summed E-state index contributed by atoms with van der Waals surface area (Å²) in [6, 6.07) is 15.3. The van der Waals surface area contributed by atoms with E-state index in [0.29, 0.717) is 30.2 Å². The second-order valence-corrected chi connectivity index (χ2v) is 7.28. The molecule has 6 nitrogen and oxygen atoms in total. The van der Waals surface area contributed by atoms with Crippen LogP contribution in [0.15, 0.2) is 76.0 Å². The van der Waals surface area contributed by atoms with Crippen LogP contribution in [0.25, 0.3) is 27.7 Å². The molecule has 0 radical (unpaired) electrons. The molecule has 0 saturated heterocycles. The lowest BCUT2D eigenvalue weighted by Crippen LogP contribution is -2.20. The molecule has 0 fully saturated rings. The molecule has 1 N–H and O–H groups in total. The molecule has 0 spiro atoms. The SMILES string of the molecule is CCOc1ccc(-c2coc3cc(OC)c(/C(C)=C/C(=O)NCc4ccco4)cc23)cc1. The van der Waals surface area contributed by atoms with Gasteiger partial charge in [-0.05, 0) is 55.3 Å². The Morgan fingerprint density at radius 3 is 2.62 bits per heavy atom. The molecule has 0 aliphatic carbocycles. The molecule has 6 heteroatoms. The maximum Gasteiger partial charge on any atom is 0.244 e. The van der Waals surface area contributed by atoms with Crippen LogP contribution in [0, 0.1) is 0 Å². The van der Waals surface area contributed by atoms with Gasteiger partial charge in [-0.3, -0.25) is 4.79 Å². The minimum Gasteiger partial charge on any atom is -0.496 e. The Labute approximate surface area is 186 Å². The zero-order chi connectivity index (χ0) is 22.5. The van der Waals surface area contributed by atoms with Gasteiger partial charge < -0.3 is 23.6 Å². The Morgan fingerprint density at radius 1 is 1.12 bits per heavy atom. The summed E-state index contributed by atoms with van der Waals surface area (Å²) >= 11 is 0. The predicted molar refractivity (Wildman–Crippen MR) is 124 cm³/mol. The van der Waals surface area contributed by atoms with Crippen molar-refractivity contribution in [2.75, 3.05) is 13.7 Å². The fourth-order valence-corrected chi connectivity index (χ4v) is 3.57. The number of hydrogen-bond acceptors (Lipinski definition) is 5. The first kappa shape index (κ1) is 21.3. The lowest BCUT2D eigenvalue weighted by atomic mass is 9.99. The van der Waals surface area contributed by atoms with Crippen LogP contribution in [-0.4, -0.2) is 19.6 Å². The van der Waals surface area contributed by atoms with Crippen LogP contribution >= 0.6 is 0 Å². The number of rotatable bonds is 8. The van der Waals surface area contributed by atoms with Crippen molar-refractivity contribution >= 4 is 22.4 Å². The second kappa shape index (κ2) is 9.47. The van der Waals surface area contributed by atoms with E-state index in [1.165, 1.54) is 0 Å². The van der Waals surface area contributed by atoms with Crippen LogP contribution in [0.4, 0.5) is 0 Å². The van der Waals surface area contributed by atoms with Gasteiger partial charge in [0.2, 0.25) is 5.91 Å². The van der Waals surface area contributed by atoms with Crippen molar-refractivity contribution in [3.8, 4) is 22.6 Å². The number of amides is 1. The summed E-state index contributed by atoms with van der Waals surface area (Å²) in [5.74, 6) is 1.95. The number of methoxy groups -OCH3 is 1. The molecular formula is C26H25NO5. The molecule has 0 unspecified atom stereocenters. The van der Waals surface area contributed by atoms with Crippen molar-refractivity contribution in [1.29, 1.82) is 0 Å². The zero-order valence-electron chi connectivity index (χ0n) is 18.3. The quantitative estimate of drug-likeness (QED) is 0.356. The van der Waals surface area contributed by atoms with E-state index in [2.05, 4.69) is 5.32 Å². The van der Waals surface area contributed by atoms with Gasteiger partial charge in [-0.25, -0.2) is 0 Å². The monoisotopic (exact) mass is 431 g/mol. The maximum absolute atomic E-state index is 12.4. The highest BCUT2D eigenvalue weighted by Crippen LogP contribution is 2.37. The molecule has 0 saturated carbocycles. The van der Waals surface area contributed by atoms with Crippen molar-refractivity contribution in [3.05, 3.63) is 78.5 Å². The summed E-state index contributed by atoms with van der Waals surface area (Å²) in [6.45, 7) is 4.79. The van der Waals surface area contributed by atoms with E-state index < -0.39 is 0 Å². The number of carbonyl (C=O) groups is 1. The highest BCUT2D eigenvalue weighted by Gasteiger charge is 2.15. The molecule has 0 aliphatic rings. The molecule has 4 aromatic rings. The van der Waals surface area contributed by atoms with Crippen LogP contribution < -0.4 is 14.8 Å².